The second kappa shape index (κ2) is 7.49. The second-order valence-electron chi connectivity index (χ2n) is 4.83. The van der Waals surface area contributed by atoms with E-state index in [0.717, 1.165) is 4.88 Å². The number of rotatable bonds is 6. The summed E-state index contributed by atoms with van der Waals surface area (Å²) in [5.41, 5.74) is 0.672. The molecule has 0 fully saturated rings. The Morgan fingerprint density at radius 2 is 1.92 bits per heavy atom. The summed E-state index contributed by atoms with van der Waals surface area (Å²) in [5, 5.41) is 13.4. The molecule has 0 radical (unpaired) electrons. The highest BCUT2D eigenvalue weighted by Gasteiger charge is 2.13. The van der Waals surface area contributed by atoms with Crippen molar-refractivity contribution >= 4 is 29.8 Å². The van der Waals surface area contributed by atoms with Gasteiger partial charge in [-0.2, -0.15) is 14.9 Å². The number of H-pyrrole nitrogens is 1. The quantitative estimate of drug-likeness (QED) is 0.526. The lowest BCUT2D eigenvalue weighted by Crippen LogP contribution is -2.00. The van der Waals surface area contributed by atoms with Crippen LogP contribution in [0.2, 0.25) is 0 Å². The summed E-state index contributed by atoms with van der Waals surface area (Å²) >= 11 is 6.83. The van der Waals surface area contributed by atoms with E-state index in [4.69, 9.17) is 26.4 Å². The van der Waals surface area contributed by atoms with Gasteiger partial charge in [-0.25, -0.2) is 5.10 Å². The van der Waals surface area contributed by atoms with Crippen molar-refractivity contribution in [1.29, 1.82) is 0 Å². The lowest BCUT2D eigenvalue weighted by molar-refractivity contribution is 0.374. The van der Waals surface area contributed by atoms with Crippen molar-refractivity contribution in [2.45, 2.75) is 0 Å². The number of methoxy groups -OCH3 is 3. The van der Waals surface area contributed by atoms with E-state index in [-0.39, 0.29) is 0 Å². The standard InChI is InChI=1S/C16H16N4O3S2/c1-21-10-7-12(22-2)11(13(8-10)23-3)9-17-20-15(18-19-16(20)24)14-5-4-6-25-14/h4-9H,1-3H3,(H,19,24)/b17-9+. The van der Waals surface area contributed by atoms with Crippen molar-refractivity contribution in [2.24, 2.45) is 5.10 Å². The molecule has 0 amide bonds. The van der Waals surface area contributed by atoms with Crippen molar-refractivity contribution in [1.82, 2.24) is 14.9 Å². The number of thiophene rings is 1. The Bertz CT molecular complexity index is 920. The summed E-state index contributed by atoms with van der Waals surface area (Å²) in [6.07, 6.45) is 1.62. The Labute approximate surface area is 153 Å². The summed E-state index contributed by atoms with van der Waals surface area (Å²) in [4.78, 5) is 0.957. The third kappa shape index (κ3) is 3.42. The molecule has 0 saturated carbocycles. The molecule has 7 nitrogen and oxygen atoms in total. The first-order valence-electron chi connectivity index (χ1n) is 7.23. The predicted molar refractivity (Wildman–Crippen MR) is 99.8 cm³/mol. The summed E-state index contributed by atoms with van der Waals surface area (Å²) < 4.78 is 18.1. The van der Waals surface area contributed by atoms with E-state index in [1.165, 1.54) is 0 Å². The van der Waals surface area contributed by atoms with Crippen LogP contribution >= 0.6 is 23.6 Å². The van der Waals surface area contributed by atoms with E-state index in [9.17, 15) is 0 Å². The van der Waals surface area contributed by atoms with Gasteiger partial charge in [0.05, 0.1) is 38.0 Å². The molecule has 2 heterocycles. The zero-order chi connectivity index (χ0) is 17.8. The van der Waals surface area contributed by atoms with Crippen molar-refractivity contribution < 1.29 is 14.2 Å². The summed E-state index contributed by atoms with van der Waals surface area (Å²) in [7, 11) is 4.73. The largest absolute Gasteiger partial charge is 0.496 e. The van der Waals surface area contributed by atoms with Crippen molar-refractivity contribution in [3.63, 3.8) is 0 Å². The molecule has 3 rings (SSSR count). The average molecular weight is 376 g/mol. The van der Waals surface area contributed by atoms with Gasteiger partial charge in [0, 0.05) is 12.1 Å². The van der Waals surface area contributed by atoms with E-state index in [2.05, 4.69) is 15.3 Å². The monoisotopic (exact) mass is 376 g/mol. The minimum absolute atomic E-state index is 0.395. The van der Waals surface area contributed by atoms with Gasteiger partial charge in [0.25, 0.3) is 0 Å². The molecule has 1 aromatic carbocycles. The molecule has 0 bridgehead atoms. The number of aromatic amines is 1. The predicted octanol–water partition coefficient (Wildman–Crippen LogP) is 3.58. The number of aromatic nitrogens is 3. The van der Waals surface area contributed by atoms with Gasteiger partial charge in [-0.15, -0.1) is 11.3 Å². The smallest absolute Gasteiger partial charge is 0.216 e. The zero-order valence-corrected chi connectivity index (χ0v) is 15.5. The van der Waals surface area contributed by atoms with Crippen LogP contribution in [0, 0.1) is 4.77 Å². The summed E-state index contributed by atoms with van der Waals surface area (Å²) in [5.74, 6) is 2.42. The fourth-order valence-corrected chi connectivity index (χ4v) is 3.12. The van der Waals surface area contributed by atoms with E-state index in [1.807, 2.05) is 17.5 Å². The number of nitrogens with one attached hydrogen (secondary N) is 1. The van der Waals surface area contributed by atoms with Crippen LogP contribution in [0.4, 0.5) is 0 Å². The average Bonchev–Trinajstić information content (AvgIpc) is 3.28. The van der Waals surface area contributed by atoms with Gasteiger partial charge in [-0.05, 0) is 23.7 Å². The van der Waals surface area contributed by atoms with Gasteiger partial charge in [0.15, 0.2) is 5.82 Å². The first-order chi connectivity index (χ1) is 12.2. The van der Waals surface area contributed by atoms with Gasteiger partial charge >= 0.3 is 0 Å². The highest BCUT2D eigenvalue weighted by atomic mass is 32.1. The molecule has 9 heteroatoms. The molecule has 0 saturated heterocycles. The first-order valence-corrected chi connectivity index (χ1v) is 8.52. The molecule has 0 aliphatic heterocycles. The fraction of sp³-hybridized carbons (Fsp3) is 0.188. The van der Waals surface area contributed by atoms with Crippen molar-refractivity contribution in [2.75, 3.05) is 21.3 Å². The molecule has 0 spiro atoms. The van der Waals surface area contributed by atoms with E-state index < -0.39 is 0 Å². The molecular formula is C16H16N4O3S2. The van der Waals surface area contributed by atoms with Crippen molar-refractivity contribution in [3.05, 3.63) is 40.0 Å². The molecule has 0 aliphatic carbocycles. The third-order valence-electron chi connectivity index (χ3n) is 3.45. The number of benzene rings is 1. The first kappa shape index (κ1) is 17.2. The maximum absolute atomic E-state index is 5.43. The zero-order valence-electron chi connectivity index (χ0n) is 13.8. The highest BCUT2D eigenvalue weighted by molar-refractivity contribution is 7.71. The number of hydrogen-bond acceptors (Lipinski definition) is 7. The molecule has 0 unspecified atom stereocenters. The van der Waals surface area contributed by atoms with Crippen LogP contribution in [-0.4, -0.2) is 42.4 Å². The van der Waals surface area contributed by atoms with Gasteiger partial charge in [-0.3, -0.25) is 0 Å². The molecule has 0 aliphatic rings. The van der Waals surface area contributed by atoms with E-state index in [0.29, 0.717) is 33.4 Å². The molecule has 3 aromatic rings. The second-order valence-corrected chi connectivity index (χ2v) is 6.17. The van der Waals surface area contributed by atoms with E-state index >= 15 is 0 Å². The van der Waals surface area contributed by atoms with Crippen LogP contribution < -0.4 is 14.2 Å². The number of hydrogen-bond donors (Lipinski definition) is 1. The lowest BCUT2D eigenvalue weighted by atomic mass is 10.2. The maximum Gasteiger partial charge on any atom is 0.216 e. The Morgan fingerprint density at radius 3 is 2.48 bits per heavy atom. The van der Waals surface area contributed by atoms with Crippen LogP contribution in [0.1, 0.15) is 5.56 Å². The highest BCUT2D eigenvalue weighted by Crippen LogP contribution is 2.33. The molecule has 130 valence electrons. The third-order valence-corrected chi connectivity index (χ3v) is 4.58. The molecule has 25 heavy (non-hydrogen) atoms. The minimum atomic E-state index is 0.395. The molecule has 1 N–H and O–H groups in total. The van der Waals surface area contributed by atoms with Gasteiger partial charge in [-0.1, -0.05) is 6.07 Å². The van der Waals surface area contributed by atoms with Crippen LogP contribution in [0.3, 0.4) is 0 Å². The van der Waals surface area contributed by atoms with Gasteiger partial charge in [0.2, 0.25) is 4.77 Å². The topological polar surface area (TPSA) is 73.7 Å². The van der Waals surface area contributed by atoms with Crippen LogP contribution in [-0.2, 0) is 0 Å². The fourth-order valence-electron chi connectivity index (χ4n) is 2.24. The van der Waals surface area contributed by atoms with Gasteiger partial charge < -0.3 is 14.2 Å². The Kier molecular flexibility index (Phi) is 5.15. The van der Waals surface area contributed by atoms with Crippen LogP contribution in [0.25, 0.3) is 10.7 Å². The summed E-state index contributed by atoms with van der Waals surface area (Å²) in [6, 6.07) is 7.43. The minimum Gasteiger partial charge on any atom is -0.496 e. The maximum atomic E-state index is 5.43. The van der Waals surface area contributed by atoms with Crippen LogP contribution in [0.15, 0.2) is 34.7 Å². The molecule has 2 aromatic heterocycles. The molecular weight excluding hydrogens is 360 g/mol. The lowest BCUT2D eigenvalue weighted by Gasteiger charge is -2.12. The normalized spacial score (nSPS) is 11.0. The van der Waals surface area contributed by atoms with E-state index in [1.54, 1.807) is 55.7 Å². The Balaban J connectivity index is 2.07. The van der Waals surface area contributed by atoms with Crippen molar-refractivity contribution in [3.8, 4) is 28.0 Å². The Morgan fingerprint density at radius 1 is 1.20 bits per heavy atom. The molecule has 0 atom stereocenters. The van der Waals surface area contributed by atoms with Gasteiger partial charge in [0.1, 0.15) is 17.2 Å². The SMILES string of the molecule is COc1cc(OC)c(/C=N/n2c(-c3cccs3)n[nH]c2=S)c(OC)c1. The van der Waals surface area contributed by atoms with Crippen LogP contribution in [0.5, 0.6) is 17.2 Å². The number of ether oxygens (including phenoxy) is 3. The number of nitrogens with zero attached hydrogens (tertiary/aromatic N) is 3. The summed E-state index contributed by atoms with van der Waals surface area (Å²) in [6.45, 7) is 0. The Hall–Kier alpha value is -2.65.